The number of esters is 1. The van der Waals surface area contributed by atoms with E-state index < -0.39 is 6.72 Å². The van der Waals surface area contributed by atoms with Gasteiger partial charge in [0, 0.05) is 5.57 Å². The van der Waals surface area contributed by atoms with E-state index in [4.69, 9.17) is 19.0 Å². The summed E-state index contributed by atoms with van der Waals surface area (Å²) in [6.07, 6.45) is 11.1. The third-order valence-electron chi connectivity index (χ3n) is 3.38. The Kier molecular flexibility index (Phi) is 14.0. The van der Waals surface area contributed by atoms with Crippen LogP contribution >= 0.6 is 6.72 Å². The highest BCUT2D eigenvalue weighted by Gasteiger charge is 2.06. The molecule has 0 aliphatic rings. The van der Waals surface area contributed by atoms with E-state index in [0.29, 0.717) is 18.8 Å². The smallest absolute Gasteiger partial charge is 0.333 e. The molecule has 0 amide bonds. The summed E-state index contributed by atoms with van der Waals surface area (Å²) in [4.78, 5) is 28.9. The molecule has 0 spiro atoms. The Morgan fingerprint density at radius 3 is 1.70 bits per heavy atom. The Bertz CT molecular complexity index is 381. The summed E-state index contributed by atoms with van der Waals surface area (Å²) < 4.78 is 9.78. The summed E-state index contributed by atoms with van der Waals surface area (Å²) in [6, 6.07) is 0. The molecule has 7 heteroatoms. The predicted molar refractivity (Wildman–Crippen MR) is 96.6 cm³/mol. The summed E-state index contributed by atoms with van der Waals surface area (Å²) in [5.41, 5.74) is 0.453. The highest BCUT2D eigenvalue weighted by Crippen LogP contribution is 2.36. The Balaban J connectivity index is 3.15. The van der Waals surface area contributed by atoms with Gasteiger partial charge in [-0.15, -0.1) is 0 Å². The minimum atomic E-state index is -3.46. The molecule has 136 valence electrons. The lowest BCUT2D eigenvalue weighted by atomic mass is 10.1. The Labute approximate surface area is 145 Å². The van der Waals surface area contributed by atoms with Crippen molar-refractivity contribution in [1.82, 2.24) is 0 Å². The van der Waals surface area contributed by atoms with Gasteiger partial charge in [0.05, 0.1) is 13.2 Å². The van der Waals surface area contributed by atoms with Crippen LogP contribution in [0.3, 0.4) is 0 Å². The van der Waals surface area contributed by atoms with Gasteiger partial charge in [0.25, 0.3) is 0 Å². The summed E-state index contributed by atoms with van der Waals surface area (Å²) in [7, 11) is 0. The van der Waals surface area contributed by atoms with E-state index in [1.165, 1.54) is 32.1 Å². The molecule has 0 fully saturated rings. The maximum atomic E-state index is 11.1. The van der Waals surface area contributed by atoms with E-state index in [1.807, 2.05) is 0 Å². The number of carbonyl (C=O) groups excluding carboxylic acids is 1. The van der Waals surface area contributed by atoms with E-state index in [1.54, 1.807) is 6.92 Å². The van der Waals surface area contributed by atoms with Crippen LogP contribution in [0.4, 0.5) is 0 Å². The average molecular weight is 366 g/mol. The first kappa shape index (κ1) is 22.7. The van der Waals surface area contributed by atoms with Gasteiger partial charge in [-0.05, 0) is 31.6 Å². The fraction of sp³-hybridized carbons (Fsp3) is 0.812. The molecule has 0 saturated heterocycles. The number of hydrogen-bond donors (Lipinski definition) is 2. The first-order valence-corrected chi connectivity index (χ1v) is 11.0. The van der Waals surface area contributed by atoms with Gasteiger partial charge < -0.3 is 19.0 Å². The molecule has 0 unspecified atom stereocenters. The third kappa shape index (κ3) is 17.9. The fourth-order valence-corrected chi connectivity index (χ4v) is 2.68. The zero-order chi connectivity index (χ0) is 17.6. The van der Waals surface area contributed by atoms with E-state index in [-0.39, 0.29) is 5.97 Å². The monoisotopic (exact) mass is 366 g/mol. The fourth-order valence-electron chi connectivity index (χ4n) is 2.09. The van der Waals surface area contributed by atoms with Crippen molar-refractivity contribution < 1.29 is 23.8 Å². The van der Waals surface area contributed by atoms with Crippen LogP contribution in [-0.4, -0.2) is 29.0 Å². The van der Waals surface area contributed by atoms with Crippen molar-refractivity contribution in [2.24, 2.45) is 0 Å². The van der Waals surface area contributed by atoms with E-state index in [2.05, 4.69) is 18.4 Å². The van der Waals surface area contributed by atoms with Gasteiger partial charge in [-0.25, -0.2) is 4.79 Å². The van der Waals surface area contributed by atoms with Crippen molar-refractivity contribution in [2.75, 3.05) is 13.2 Å². The van der Waals surface area contributed by atoms with Crippen LogP contribution < -0.4 is 0 Å². The molecule has 0 aromatic heterocycles. The number of carbonyl (C=O) groups is 1. The molecular weight excluding hydrogens is 335 g/mol. The molecule has 0 aromatic rings. The van der Waals surface area contributed by atoms with Gasteiger partial charge in [-0.3, -0.25) is 0 Å². The zero-order valence-corrected chi connectivity index (χ0v) is 15.9. The number of rotatable bonds is 15. The molecule has 2 N–H and O–H groups in total. The molecule has 0 aliphatic heterocycles. The second-order valence-corrected chi connectivity index (χ2v) is 8.44. The zero-order valence-electron chi connectivity index (χ0n) is 14.2. The maximum absolute atomic E-state index is 11.1. The van der Waals surface area contributed by atoms with Crippen LogP contribution in [0.5, 0.6) is 0 Å². The van der Waals surface area contributed by atoms with E-state index >= 15 is 0 Å². The van der Waals surface area contributed by atoms with E-state index in [0.717, 1.165) is 32.1 Å². The summed E-state index contributed by atoms with van der Waals surface area (Å²) in [5.74, 6) is -0.298. The topological polar surface area (TPSA) is 76.0 Å². The molecule has 5 nitrogen and oxygen atoms in total. The average Bonchev–Trinajstić information content (AvgIpc) is 2.46. The normalized spacial score (nSPS) is 11.4. The highest BCUT2D eigenvalue weighted by atomic mass is 32.5. The van der Waals surface area contributed by atoms with Gasteiger partial charge in [-0.2, -0.15) is 0 Å². The predicted octanol–water partition coefficient (Wildman–Crippen LogP) is 4.23. The van der Waals surface area contributed by atoms with E-state index in [9.17, 15) is 4.79 Å². The molecule has 0 bridgehead atoms. The molecule has 0 saturated carbocycles. The van der Waals surface area contributed by atoms with Gasteiger partial charge in [0.1, 0.15) is 0 Å². The van der Waals surface area contributed by atoms with Gasteiger partial charge in [-0.1, -0.05) is 57.9 Å². The summed E-state index contributed by atoms with van der Waals surface area (Å²) in [6.45, 7) is 2.56. The minimum absolute atomic E-state index is 0.298. The van der Waals surface area contributed by atoms with Crippen molar-refractivity contribution in [1.29, 1.82) is 0 Å². The van der Waals surface area contributed by atoms with Crippen LogP contribution in [0.25, 0.3) is 0 Å². The largest absolute Gasteiger partial charge is 0.462 e. The van der Waals surface area contributed by atoms with Gasteiger partial charge in [0.15, 0.2) is 0 Å². The second kappa shape index (κ2) is 14.1. The quantitative estimate of drug-likeness (QED) is 0.195. The molecule has 23 heavy (non-hydrogen) atoms. The summed E-state index contributed by atoms with van der Waals surface area (Å²) >= 11 is 4.37. The second-order valence-electron chi connectivity index (χ2n) is 5.78. The van der Waals surface area contributed by atoms with Crippen molar-refractivity contribution in [3.05, 3.63) is 12.2 Å². The molecular formula is C16H31O5PS. The molecule has 0 radical (unpaired) electrons. The van der Waals surface area contributed by atoms with Crippen molar-refractivity contribution >= 4 is 24.5 Å². The molecule has 0 rings (SSSR count). The standard InChI is InChI=1S/C16H31O5PS/c1-15(2)16(17)20-13-11-9-7-5-3-4-6-8-10-12-14-21-22(18,19)23/h1,3-14H2,2H3,(H2,18,19,23). The summed E-state index contributed by atoms with van der Waals surface area (Å²) in [5, 5.41) is 0. The minimum Gasteiger partial charge on any atom is -0.462 e. The highest BCUT2D eigenvalue weighted by molar-refractivity contribution is 8.06. The Morgan fingerprint density at radius 1 is 0.913 bits per heavy atom. The van der Waals surface area contributed by atoms with Crippen molar-refractivity contribution in [3.8, 4) is 0 Å². The van der Waals surface area contributed by atoms with Crippen molar-refractivity contribution in [2.45, 2.75) is 71.1 Å². The maximum Gasteiger partial charge on any atom is 0.333 e. The van der Waals surface area contributed by atoms with Crippen LogP contribution in [-0.2, 0) is 25.9 Å². The van der Waals surface area contributed by atoms with Crippen molar-refractivity contribution in [3.63, 3.8) is 0 Å². The Morgan fingerprint density at radius 2 is 1.30 bits per heavy atom. The molecule has 0 aromatic carbocycles. The SMILES string of the molecule is C=C(C)C(=O)OCCCCCCCCCCCCOP(O)(O)=S. The lowest BCUT2D eigenvalue weighted by Crippen LogP contribution is -2.05. The molecule has 0 aliphatic carbocycles. The van der Waals surface area contributed by atoms with Gasteiger partial charge in [0.2, 0.25) is 0 Å². The third-order valence-corrected chi connectivity index (χ3v) is 4.21. The Hall–Kier alpha value is -0.260. The number of unbranched alkanes of at least 4 members (excludes halogenated alkanes) is 9. The lowest BCUT2D eigenvalue weighted by molar-refractivity contribution is -0.139. The van der Waals surface area contributed by atoms with Crippen LogP contribution in [0, 0.1) is 0 Å². The lowest BCUT2D eigenvalue weighted by Gasteiger charge is -2.07. The first-order chi connectivity index (χ1) is 10.8. The molecule has 0 heterocycles. The van der Waals surface area contributed by atoms with Crippen LogP contribution in [0.1, 0.15) is 71.1 Å². The number of ether oxygens (including phenoxy) is 1. The molecule has 0 atom stereocenters. The van der Waals surface area contributed by atoms with Gasteiger partial charge >= 0.3 is 12.7 Å². The number of hydrogen-bond acceptors (Lipinski definition) is 4. The van der Waals surface area contributed by atoms with Crippen LogP contribution in [0.2, 0.25) is 0 Å². The van der Waals surface area contributed by atoms with Crippen LogP contribution in [0.15, 0.2) is 12.2 Å². The first-order valence-electron chi connectivity index (χ1n) is 8.35.